The molecule has 0 fully saturated rings. The lowest BCUT2D eigenvalue weighted by atomic mass is 10.1. The maximum atomic E-state index is 12.1. The Morgan fingerprint density at radius 1 is 1.32 bits per heavy atom. The number of hydrogen-bond acceptors (Lipinski definition) is 4. The first-order valence-corrected chi connectivity index (χ1v) is 9.84. The van der Waals surface area contributed by atoms with E-state index >= 15 is 0 Å². The molecule has 1 aromatic carbocycles. The number of carbonyl (C=O) groups is 2. The summed E-state index contributed by atoms with van der Waals surface area (Å²) in [7, 11) is 0. The molecule has 2 rings (SSSR count). The summed E-state index contributed by atoms with van der Waals surface area (Å²) in [6, 6.07) is 4.69. The van der Waals surface area contributed by atoms with Crippen LogP contribution in [0, 0.1) is 0 Å². The second-order valence-corrected chi connectivity index (χ2v) is 10.3. The van der Waals surface area contributed by atoms with Crippen LogP contribution in [0.3, 0.4) is 0 Å². The van der Waals surface area contributed by atoms with E-state index in [0.29, 0.717) is 0 Å². The van der Waals surface area contributed by atoms with Gasteiger partial charge in [0.05, 0.1) is 16.1 Å². The molecule has 0 bridgehead atoms. The molecular formula is C10H9ClNO4PS2. The topological polar surface area (TPSA) is 77.8 Å². The van der Waals surface area contributed by atoms with Gasteiger partial charge < -0.3 is 9.79 Å². The summed E-state index contributed by atoms with van der Waals surface area (Å²) >= 11 is 11.1. The summed E-state index contributed by atoms with van der Waals surface area (Å²) in [5, 5.41) is 0.237. The van der Waals surface area contributed by atoms with Gasteiger partial charge in [-0.05, 0) is 23.9 Å². The molecule has 9 heteroatoms. The summed E-state index contributed by atoms with van der Waals surface area (Å²) < 4.78 is 0. The predicted molar refractivity (Wildman–Crippen MR) is 78.0 cm³/mol. The highest BCUT2D eigenvalue weighted by molar-refractivity contribution is 8.67. The highest BCUT2D eigenvalue weighted by Crippen LogP contribution is 2.50. The predicted octanol–water partition coefficient (Wildman–Crippen LogP) is 1.88. The van der Waals surface area contributed by atoms with Gasteiger partial charge in [-0.25, -0.2) is 0 Å². The second-order valence-electron chi connectivity index (χ2n) is 3.75. The van der Waals surface area contributed by atoms with Gasteiger partial charge in [-0.3, -0.25) is 14.5 Å². The molecule has 0 unspecified atom stereocenters. The highest BCUT2D eigenvalue weighted by Gasteiger charge is 2.36. The zero-order valence-corrected chi connectivity index (χ0v) is 12.7. The van der Waals surface area contributed by atoms with E-state index in [1.807, 2.05) is 0 Å². The molecule has 1 aromatic rings. The van der Waals surface area contributed by atoms with E-state index in [1.54, 1.807) is 12.1 Å². The third-order valence-corrected chi connectivity index (χ3v) is 6.04. The lowest BCUT2D eigenvalue weighted by Crippen LogP contribution is -2.31. The van der Waals surface area contributed by atoms with Crippen LogP contribution in [-0.4, -0.2) is 38.8 Å². The van der Waals surface area contributed by atoms with Crippen molar-refractivity contribution in [2.24, 2.45) is 0 Å². The molecular weight excluding hydrogens is 329 g/mol. The van der Waals surface area contributed by atoms with Crippen LogP contribution in [-0.2, 0) is 11.8 Å². The van der Waals surface area contributed by atoms with Crippen LogP contribution in [0.15, 0.2) is 18.2 Å². The Balaban J connectivity index is 2.15. The van der Waals surface area contributed by atoms with Crippen LogP contribution in [0.1, 0.15) is 20.7 Å². The monoisotopic (exact) mass is 337 g/mol. The van der Waals surface area contributed by atoms with Crippen LogP contribution in [0.4, 0.5) is 0 Å². The van der Waals surface area contributed by atoms with E-state index in [0.717, 1.165) is 16.3 Å². The minimum absolute atomic E-state index is 0.0624. The van der Waals surface area contributed by atoms with Gasteiger partial charge >= 0.3 is 0 Å². The number of fused-ring (bicyclic) bond motifs is 1. The van der Waals surface area contributed by atoms with Gasteiger partial charge in [-0.15, -0.1) is 0 Å². The lowest BCUT2D eigenvalue weighted by molar-refractivity contribution is 0.0664. The van der Waals surface area contributed by atoms with Crippen molar-refractivity contribution in [2.75, 3.05) is 12.3 Å². The smallest absolute Gasteiger partial charge is 0.263 e. The molecule has 1 heterocycles. The third kappa shape index (κ3) is 3.18. The first-order valence-electron chi connectivity index (χ1n) is 5.16. The summed E-state index contributed by atoms with van der Waals surface area (Å²) in [4.78, 5) is 43.3. The number of halogens is 1. The van der Waals surface area contributed by atoms with Crippen molar-refractivity contribution in [3.8, 4) is 0 Å². The fourth-order valence-corrected chi connectivity index (χ4v) is 4.13. The Kier molecular flexibility index (Phi) is 4.35. The molecule has 0 saturated carbocycles. The van der Waals surface area contributed by atoms with Crippen LogP contribution >= 0.6 is 28.7 Å². The molecule has 2 amide bonds. The van der Waals surface area contributed by atoms with Gasteiger partial charge in [-0.2, -0.15) is 0 Å². The SMILES string of the molecule is O=C1c2cccc(Cl)c2C(=O)N1CCSP(O)(O)=S. The molecule has 0 radical (unpaired) electrons. The van der Waals surface area contributed by atoms with Crippen molar-refractivity contribution < 1.29 is 19.4 Å². The molecule has 0 aliphatic carbocycles. The van der Waals surface area contributed by atoms with E-state index in [-0.39, 0.29) is 28.4 Å². The number of imide groups is 1. The molecule has 0 aromatic heterocycles. The zero-order chi connectivity index (χ0) is 14.2. The van der Waals surface area contributed by atoms with Crippen molar-refractivity contribution in [3.63, 3.8) is 0 Å². The van der Waals surface area contributed by atoms with Crippen LogP contribution in [0.2, 0.25) is 5.02 Å². The average molecular weight is 338 g/mol. The number of nitrogens with zero attached hydrogens (tertiary/aromatic N) is 1. The molecule has 2 N–H and O–H groups in total. The molecule has 0 spiro atoms. The van der Waals surface area contributed by atoms with Crippen molar-refractivity contribution in [1.82, 2.24) is 4.90 Å². The Labute approximate surface area is 123 Å². The summed E-state index contributed by atoms with van der Waals surface area (Å²) in [5.74, 6) is -0.712. The minimum Gasteiger partial charge on any atom is -0.338 e. The first-order chi connectivity index (χ1) is 8.81. The fraction of sp³-hybridized carbons (Fsp3) is 0.200. The van der Waals surface area contributed by atoms with Gasteiger partial charge in [0.25, 0.3) is 11.8 Å². The standard InChI is InChI=1S/C10H9ClNO4PS2/c11-7-3-1-2-6-8(7)10(14)12(9(6)13)4-5-19-17(15,16)18/h1-3H,4-5H2,(H2,15,16,18). The van der Waals surface area contributed by atoms with Crippen LogP contribution < -0.4 is 0 Å². The van der Waals surface area contributed by atoms with E-state index in [2.05, 4.69) is 11.8 Å². The maximum Gasteiger partial charge on any atom is 0.263 e. The Morgan fingerprint density at radius 3 is 2.58 bits per heavy atom. The van der Waals surface area contributed by atoms with Crippen molar-refractivity contribution in [2.45, 2.75) is 0 Å². The molecule has 1 aliphatic heterocycles. The van der Waals surface area contributed by atoms with Crippen LogP contribution in [0.25, 0.3) is 0 Å². The molecule has 0 saturated heterocycles. The molecule has 19 heavy (non-hydrogen) atoms. The summed E-state index contributed by atoms with van der Waals surface area (Å²) in [6.07, 6.45) is 0. The number of carbonyl (C=O) groups excluding carboxylic acids is 2. The van der Waals surface area contributed by atoms with Gasteiger partial charge in [0.15, 0.2) is 0 Å². The van der Waals surface area contributed by atoms with Gasteiger partial charge in [0.1, 0.15) is 0 Å². The molecule has 0 atom stereocenters. The minimum atomic E-state index is -3.37. The Morgan fingerprint density at radius 2 is 2.00 bits per heavy atom. The second kappa shape index (κ2) is 5.52. The Bertz CT molecular complexity index is 603. The number of rotatable bonds is 4. The summed E-state index contributed by atoms with van der Waals surface area (Å²) in [5.41, 5.74) is -2.90. The quantitative estimate of drug-likeness (QED) is 0.645. The highest BCUT2D eigenvalue weighted by atomic mass is 35.5. The number of hydrogen-bond donors (Lipinski definition) is 2. The zero-order valence-electron chi connectivity index (χ0n) is 9.45. The fourth-order valence-electron chi connectivity index (χ4n) is 1.75. The average Bonchev–Trinajstić information content (AvgIpc) is 2.54. The van der Waals surface area contributed by atoms with Crippen molar-refractivity contribution in [3.05, 3.63) is 34.3 Å². The largest absolute Gasteiger partial charge is 0.338 e. The van der Waals surface area contributed by atoms with Crippen LogP contribution in [0.5, 0.6) is 0 Å². The van der Waals surface area contributed by atoms with E-state index in [9.17, 15) is 9.59 Å². The van der Waals surface area contributed by atoms with E-state index in [4.69, 9.17) is 21.4 Å². The lowest BCUT2D eigenvalue weighted by Gasteiger charge is -2.14. The molecule has 102 valence electrons. The normalized spacial score (nSPS) is 15.0. The Hall–Kier alpha value is -0.430. The molecule has 5 nitrogen and oxygen atoms in total. The first kappa shape index (κ1) is 15.0. The number of amides is 2. The van der Waals surface area contributed by atoms with Gasteiger partial charge in [0.2, 0.25) is 5.69 Å². The third-order valence-electron chi connectivity index (χ3n) is 2.52. The molecule has 1 aliphatic rings. The van der Waals surface area contributed by atoms with E-state index < -0.39 is 17.5 Å². The summed E-state index contributed by atoms with van der Waals surface area (Å²) in [6.45, 7) is 0.0624. The maximum absolute atomic E-state index is 12.1. The van der Waals surface area contributed by atoms with Crippen molar-refractivity contribution >= 4 is 52.3 Å². The van der Waals surface area contributed by atoms with Gasteiger partial charge in [0, 0.05) is 12.3 Å². The van der Waals surface area contributed by atoms with E-state index in [1.165, 1.54) is 6.07 Å². The number of benzene rings is 1. The van der Waals surface area contributed by atoms with Gasteiger partial charge in [-0.1, -0.05) is 29.0 Å². The van der Waals surface area contributed by atoms with Crippen molar-refractivity contribution in [1.29, 1.82) is 0 Å².